The Morgan fingerprint density at radius 1 is 1.17 bits per heavy atom. The van der Waals surface area contributed by atoms with E-state index in [9.17, 15) is 4.79 Å². The van der Waals surface area contributed by atoms with Crippen LogP contribution in [0.5, 0.6) is 0 Å². The van der Waals surface area contributed by atoms with Crippen molar-refractivity contribution in [2.24, 2.45) is 0 Å². The molecular weight excluding hydrogens is 314 g/mol. The van der Waals surface area contributed by atoms with Crippen LogP contribution >= 0.6 is 27.5 Å². The van der Waals surface area contributed by atoms with Gasteiger partial charge in [0.05, 0.1) is 0 Å². The molecule has 0 atom stereocenters. The first-order valence-electron chi connectivity index (χ1n) is 5.49. The molecule has 0 amide bonds. The van der Waals surface area contributed by atoms with E-state index in [-0.39, 0.29) is 5.78 Å². The number of rotatable bonds is 4. The SMILES string of the molecule is O=C(Cc1ccncc1)Cc1ccc(Br)cc1Cl. The molecule has 1 heterocycles. The van der Waals surface area contributed by atoms with E-state index < -0.39 is 0 Å². The molecule has 2 nitrogen and oxygen atoms in total. The molecule has 0 unspecified atom stereocenters. The summed E-state index contributed by atoms with van der Waals surface area (Å²) >= 11 is 9.42. The van der Waals surface area contributed by atoms with Crippen LogP contribution < -0.4 is 0 Å². The van der Waals surface area contributed by atoms with Gasteiger partial charge in [-0.2, -0.15) is 0 Å². The van der Waals surface area contributed by atoms with Crippen LogP contribution in [0.3, 0.4) is 0 Å². The molecule has 1 aromatic heterocycles. The van der Waals surface area contributed by atoms with Gasteiger partial charge in [-0.25, -0.2) is 0 Å². The highest BCUT2D eigenvalue weighted by atomic mass is 79.9. The highest BCUT2D eigenvalue weighted by Crippen LogP contribution is 2.22. The van der Waals surface area contributed by atoms with Crippen LogP contribution in [0.4, 0.5) is 0 Å². The lowest BCUT2D eigenvalue weighted by Gasteiger charge is -2.04. The molecule has 2 rings (SSSR count). The van der Waals surface area contributed by atoms with E-state index in [1.165, 1.54) is 0 Å². The highest BCUT2D eigenvalue weighted by molar-refractivity contribution is 9.10. The Morgan fingerprint density at radius 3 is 2.56 bits per heavy atom. The number of pyridine rings is 1. The highest BCUT2D eigenvalue weighted by Gasteiger charge is 2.08. The number of halogens is 2. The Hall–Kier alpha value is -1.19. The first kappa shape index (κ1) is 13.2. The number of aromatic nitrogens is 1. The van der Waals surface area contributed by atoms with Gasteiger partial charge in [-0.3, -0.25) is 9.78 Å². The molecule has 0 fully saturated rings. The fraction of sp³-hybridized carbons (Fsp3) is 0.143. The molecule has 0 bridgehead atoms. The monoisotopic (exact) mass is 323 g/mol. The largest absolute Gasteiger partial charge is 0.299 e. The van der Waals surface area contributed by atoms with E-state index in [0.717, 1.165) is 15.6 Å². The lowest BCUT2D eigenvalue weighted by atomic mass is 10.0. The van der Waals surface area contributed by atoms with Gasteiger partial charge in [0.2, 0.25) is 0 Å². The lowest BCUT2D eigenvalue weighted by Crippen LogP contribution is -2.07. The number of carbonyl (C=O) groups excluding carboxylic acids is 1. The maximum Gasteiger partial charge on any atom is 0.141 e. The third kappa shape index (κ3) is 3.65. The van der Waals surface area contributed by atoms with Crippen molar-refractivity contribution in [2.45, 2.75) is 12.8 Å². The fourth-order valence-electron chi connectivity index (χ4n) is 1.67. The van der Waals surface area contributed by atoms with Crippen molar-refractivity contribution in [1.82, 2.24) is 4.98 Å². The summed E-state index contributed by atoms with van der Waals surface area (Å²) in [6.45, 7) is 0. The molecule has 0 aliphatic heterocycles. The van der Waals surface area contributed by atoms with Gasteiger partial charge in [0.15, 0.2) is 0 Å². The van der Waals surface area contributed by atoms with Crippen molar-refractivity contribution >= 4 is 33.3 Å². The summed E-state index contributed by atoms with van der Waals surface area (Å²) in [4.78, 5) is 15.9. The minimum atomic E-state index is 0.144. The third-order valence-electron chi connectivity index (χ3n) is 2.55. The van der Waals surface area contributed by atoms with E-state index in [2.05, 4.69) is 20.9 Å². The summed E-state index contributed by atoms with van der Waals surface area (Å²) in [5.41, 5.74) is 1.84. The van der Waals surface area contributed by atoms with Gasteiger partial charge in [-0.15, -0.1) is 0 Å². The maximum absolute atomic E-state index is 11.9. The molecule has 92 valence electrons. The van der Waals surface area contributed by atoms with Crippen LogP contribution in [-0.4, -0.2) is 10.8 Å². The van der Waals surface area contributed by atoms with Crippen LogP contribution in [0.2, 0.25) is 5.02 Å². The number of carbonyl (C=O) groups is 1. The predicted octanol–water partition coefficient (Wildman–Crippen LogP) is 3.85. The molecule has 0 saturated heterocycles. The summed E-state index contributed by atoms with van der Waals surface area (Å²) in [5.74, 6) is 0.144. The molecular formula is C14H11BrClNO. The number of benzene rings is 1. The van der Waals surface area contributed by atoms with Gasteiger partial charge in [-0.05, 0) is 35.4 Å². The van der Waals surface area contributed by atoms with Gasteiger partial charge >= 0.3 is 0 Å². The summed E-state index contributed by atoms with van der Waals surface area (Å²) < 4.78 is 0.915. The summed E-state index contributed by atoms with van der Waals surface area (Å²) in [7, 11) is 0. The fourth-order valence-corrected chi connectivity index (χ4v) is 2.41. The zero-order valence-electron chi connectivity index (χ0n) is 9.57. The lowest BCUT2D eigenvalue weighted by molar-refractivity contribution is -0.117. The number of hydrogen-bond donors (Lipinski definition) is 0. The second-order valence-corrected chi connectivity index (χ2v) is 5.31. The molecule has 0 radical (unpaired) electrons. The van der Waals surface area contributed by atoms with Crippen LogP contribution in [-0.2, 0) is 17.6 Å². The van der Waals surface area contributed by atoms with Crippen LogP contribution in [0, 0.1) is 0 Å². The smallest absolute Gasteiger partial charge is 0.141 e. The molecule has 0 aliphatic rings. The first-order valence-corrected chi connectivity index (χ1v) is 6.67. The average molecular weight is 325 g/mol. The Labute approximate surface area is 119 Å². The number of hydrogen-bond acceptors (Lipinski definition) is 2. The van der Waals surface area contributed by atoms with Crippen LogP contribution in [0.15, 0.2) is 47.2 Å². The Bertz CT molecular complexity index is 557. The van der Waals surface area contributed by atoms with E-state index in [1.807, 2.05) is 24.3 Å². The van der Waals surface area contributed by atoms with Gasteiger partial charge in [0, 0.05) is 34.7 Å². The normalized spacial score (nSPS) is 10.3. The number of nitrogens with zero attached hydrogens (tertiary/aromatic N) is 1. The Morgan fingerprint density at radius 2 is 1.89 bits per heavy atom. The minimum absolute atomic E-state index is 0.144. The van der Waals surface area contributed by atoms with E-state index in [0.29, 0.717) is 17.9 Å². The van der Waals surface area contributed by atoms with Gasteiger partial charge in [0.25, 0.3) is 0 Å². The maximum atomic E-state index is 11.9. The van der Waals surface area contributed by atoms with Gasteiger partial charge in [0.1, 0.15) is 5.78 Å². The average Bonchev–Trinajstić information content (AvgIpc) is 2.34. The van der Waals surface area contributed by atoms with E-state index >= 15 is 0 Å². The summed E-state index contributed by atoms with van der Waals surface area (Å²) in [6.07, 6.45) is 4.15. The van der Waals surface area contributed by atoms with Crippen molar-refractivity contribution in [3.05, 3.63) is 63.3 Å². The molecule has 2 aromatic rings. The standard InChI is InChI=1S/C14H11BrClNO/c15-12-2-1-11(14(16)9-12)8-13(18)7-10-3-5-17-6-4-10/h1-6,9H,7-8H2. The molecule has 18 heavy (non-hydrogen) atoms. The first-order chi connectivity index (χ1) is 8.65. The van der Waals surface area contributed by atoms with E-state index in [4.69, 9.17) is 11.6 Å². The second kappa shape index (κ2) is 6.12. The Balaban J connectivity index is 2.03. The third-order valence-corrected chi connectivity index (χ3v) is 3.40. The summed E-state index contributed by atoms with van der Waals surface area (Å²) in [6, 6.07) is 9.26. The van der Waals surface area contributed by atoms with Crippen molar-refractivity contribution in [1.29, 1.82) is 0 Å². The number of Topliss-reactive ketones (excluding diaryl/α,β-unsaturated/α-hetero) is 1. The second-order valence-electron chi connectivity index (χ2n) is 3.98. The van der Waals surface area contributed by atoms with E-state index in [1.54, 1.807) is 18.5 Å². The van der Waals surface area contributed by atoms with Crippen molar-refractivity contribution in [3.8, 4) is 0 Å². The molecule has 1 aromatic carbocycles. The minimum Gasteiger partial charge on any atom is -0.299 e. The molecule has 4 heteroatoms. The zero-order valence-corrected chi connectivity index (χ0v) is 11.9. The number of ketones is 1. The van der Waals surface area contributed by atoms with Crippen LogP contribution in [0.1, 0.15) is 11.1 Å². The molecule has 0 N–H and O–H groups in total. The molecule has 0 saturated carbocycles. The molecule has 0 aliphatic carbocycles. The Kier molecular flexibility index (Phi) is 4.50. The topological polar surface area (TPSA) is 30.0 Å². The van der Waals surface area contributed by atoms with Gasteiger partial charge in [-0.1, -0.05) is 33.6 Å². The zero-order chi connectivity index (χ0) is 13.0. The van der Waals surface area contributed by atoms with Crippen molar-refractivity contribution in [3.63, 3.8) is 0 Å². The quantitative estimate of drug-likeness (QED) is 0.855. The van der Waals surface area contributed by atoms with Gasteiger partial charge < -0.3 is 0 Å². The summed E-state index contributed by atoms with van der Waals surface area (Å²) in [5, 5.41) is 0.618. The predicted molar refractivity (Wildman–Crippen MR) is 75.8 cm³/mol. The molecule has 0 spiro atoms. The van der Waals surface area contributed by atoms with Crippen molar-refractivity contribution in [2.75, 3.05) is 0 Å². The van der Waals surface area contributed by atoms with Crippen molar-refractivity contribution < 1.29 is 4.79 Å². The van der Waals surface area contributed by atoms with Crippen LogP contribution in [0.25, 0.3) is 0 Å².